The van der Waals surface area contributed by atoms with E-state index in [2.05, 4.69) is 24.3 Å². The average molecular weight is 480 g/mol. The van der Waals surface area contributed by atoms with Crippen LogP contribution in [0.25, 0.3) is 11.1 Å². The van der Waals surface area contributed by atoms with Crippen LogP contribution in [-0.2, 0) is 23.7 Å². The fourth-order valence-corrected chi connectivity index (χ4v) is 6.72. The minimum atomic E-state index is -0.888. The van der Waals surface area contributed by atoms with Crippen molar-refractivity contribution in [1.29, 1.82) is 0 Å². The van der Waals surface area contributed by atoms with Crippen LogP contribution in [0.2, 0.25) is 0 Å². The molecule has 0 spiro atoms. The molecule has 1 amide bonds. The Labute approximate surface area is 203 Å². The number of aliphatic hydroxyl groups is 1. The van der Waals surface area contributed by atoms with Gasteiger partial charge in [0.15, 0.2) is 12.1 Å². The molecule has 0 aromatic heterocycles. The molecule has 1 N–H and O–H groups in total. The zero-order valence-electron chi connectivity index (χ0n) is 19.8. The highest BCUT2D eigenvalue weighted by atomic mass is 16.8. The Balaban J connectivity index is 1.12. The van der Waals surface area contributed by atoms with E-state index in [0.29, 0.717) is 13.0 Å². The molecule has 4 fully saturated rings. The predicted molar refractivity (Wildman–Crippen MR) is 124 cm³/mol. The molecule has 0 radical (unpaired) electrons. The lowest BCUT2D eigenvalue weighted by molar-refractivity contribution is -0.284. The van der Waals surface area contributed by atoms with Gasteiger partial charge in [0.25, 0.3) is 0 Å². The normalized spacial score (nSPS) is 36.3. The number of fused-ring (bicyclic) bond motifs is 4. The standard InChI is InChI=1S/C27H29NO7/c1-26(2)34-23-24(35-26)33-22-21-20(29)14-32-27(22,23)11-12-28(21)25(30)31-13-19-17-9-5-3-7-15(17)16-8-4-6-10-18(16)19/h3-10,19-24,29H,11-14H2,1-2H3/t20-,21-,22+,23-,24+,27+/m0/s1. The van der Waals surface area contributed by atoms with Crippen molar-refractivity contribution in [3.05, 3.63) is 59.7 Å². The Morgan fingerprint density at radius 2 is 1.74 bits per heavy atom. The van der Waals surface area contributed by atoms with Crippen molar-refractivity contribution in [2.75, 3.05) is 19.8 Å². The highest BCUT2D eigenvalue weighted by Crippen LogP contribution is 2.52. The fraction of sp³-hybridized carbons (Fsp3) is 0.519. The van der Waals surface area contributed by atoms with E-state index in [1.807, 2.05) is 38.1 Å². The van der Waals surface area contributed by atoms with Crippen LogP contribution >= 0.6 is 0 Å². The molecule has 2 bridgehead atoms. The first kappa shape index (κ1) is 21.8. The zero-order valence-corrected chi connectivity index (χ0v) is 19.8. The summed E-state index contributed by atoms with van der Waals surface area (Å²) in [7, 11) is 0. The summed E-state index contributed by atoms with van der Waals surface area (Å²) < 4.78 is 30.4. The number of rotatable bonds is 2. The number of nitrogens with zero attached hydrogens (tertiary/aromatic N) is 1. The molecule has 4 aliphatic heterocycles. The molecule has 7 rings (SSSR count). The summed E-state index contributed by atoms with van der Waals surface area (Å²) in [6.07, 6.45) is -2.36. The van der Waals surface area contributed by atoms with Crippen molar-refractivity contribution in [3.8, 4) is 11.1 Å². The van der Waals surface area contributed by atoms with E-state index >= 15 is 0 Å². The number of carbonyl (C=O) groups is 1. The Morgan fingerprint density at radius 3 is 2.46 bits per heavy atom. The number of piperidine rings is 1. The van der Waals surface area contributed by atoms with E-state index in [0.717, 1.165) is 11.1 Å². The van der Waals surface area contributed by atoms with Gasteiger partial charge in [-0.3, -0.25) is 4.90 Å². The predicted octanol–water partition coefficient (Wildman–Crippen LogP) is 3.02. The molecule has 2 aromatic carbocycles. The van der Waals surface area contributed by atoms with Crippen molar-refractivity contribution in [2.45, 2.75) is 68.2 Å². The molecule has 184 valence electrons. The van der Waals surface area contributed by atoms with Crippen LogP contribution in [0.3, 0.4) is 0 Å². The van der Waals surface area contributed by atoms with Crippen LogP contribution in [0.15, 0.2) is 48.5 Å². The van der Waals surface area contributed by atoms with E-state index in [-0.39, 0.29) is 19.1 Å². The number of likely N-dealkylation sites (tertiary alicyclic amines) is 1. The Bertz CT molecular complexity index is 1140. The molecule has 0 unspecified atom stereocenters. The SMILES string of the molecule is CC1(C)O[C@H]2O[C@@H]3[C@@H]4[C@@H](O)CO[C@@]3(CCN4C(=O)OCC3c4ccccc4-c4ccccc43)[C@H]2O1. The topological polar surface area (TPSA) is 86.7 Å². The fourth-order valence-electron chi connectivity index (χ4n) is 6.72. The molecule has 6 atom stereocenters. The number of benzene rings is 2. The molecule has 8 nitrogen and oxygen atoms in total. The lowest BCUT2D eigenvalue weighted by Gasteiger charge is -2.53. The minimum Gasteiger partial charge on any atom is -0.448 e. The molecule has 8 heteroatoms. The van der Waals surface area contributed by atoms with Gasteiger partial charge < -0.3 is 28.8 Å². The van der Waals surface area contributed by atoms with Gasteiger partial charge in [-0.15, -0.1) is 0 Å². The Kier molecular flexibility index (Phi) is 4.67. The summed E-state index contributed by atoms with van der Waals surface area (Å²) >= 11 is 0. The number of aliphatic hydroxyl groups excluding tert-OH is 1. The smallest absolute Gasteiger partial charge is 0.410 e. The van der Waals surface area contributed by atoms with Crippen molar-refractivity contribution in [2.24, 2.45) is 0 Å². The number of hydrogen-bond donors (Lipinski definition) is 1. The molecular weight excluding hydrogens is 450 g/mol. The van der Waals surface area contributed by atoms with Crippen molar-refractivity contribution < 1.29 is 33.6 Å². The summed E-state index contributed by atoms with van der Waals surface area (Å²) in [6.45, 7) is 4.41. The molecule has 1 aliphatic carbocycles. The monoisotopic (exact) mass is 479 g/mol. The molecule has 5 aliphatic rings. The van der Waals surface area contributed by atoms with Crippen LogP contribution < -0.4 is 0 Å². The summed E-state index contributed by atoms with van der Waals surface area (Å²) in [5, 5.41) is 10.9. The molecule has 4 saturated heterocycles. The maximum Gasteiger partial charge on any atom is 0.410 e. The van der Waals surface area contributed by atoms with Gasteiger partial charge in [0.05, 0.1) is 12.6 Å². The molecule has 35 heavy (non-hydrogen) atoms. The second-order valence-electron chi connectivity index (χ2n) is 10.6. The third-order valence-corrected chi connectivity index (χ3v) is 8.20. The average Bonchev–Trinajstić information content (AvgIpc) is 3.44. The van der Waals surface area contributed by atoms with Gasteiger partial charge in [0, 0.05) is 12.5 Å². The van der Waals surface area contributed by atoms with Gasteiger partial charge in [-0.05, 0) is 42.5 Å². The van der Waals surface area contributed by atoms with Crippen molar-refractivity contribution in [3.63, 3.8) is 0 Å². The van der Waals surface area contributed by atoms with Gasteiger partial charge in [0.1, 0.15) is 30.5 Å². The van der Waals surface area contributed by atoms with E-state index < -0.39 is 48.1 Å². The zero-order chi connectivity index (χ0) is 23.9. The number of ether oxygens (including phenoxy) is 5. The summed E-state index contributed by atoms with van der Waals surface area (Å²) in [6, 6.07) is 15.9. The van der Waals surface area contributed by atoms with E-state index in [9.17, 15) is 9.90 Å². The minimum absolute atomic E-state index is 0.0269. The van der Waals surface area contributed by atoms with E-state index in [1.165, 1.54) is 11.1 Å². The first-order chi connectivity index (χ1) is 16.9. The number of amides is 1. The summed E-state index contributed by atoms with van der Waals surface area (Å²) in [5.74, 6) is -0.797. The van der Waals surface area contributed by atoms with Gasteiger partial charge in [-0.2, -0.15) is 0 Å². The molecule has 2 aromatic rings. The maximum atomic E-state index is 13.4. The molecule has 0 saturated carbocycles. The maximum absolute atomic E-state index is 13.4. The molecule has 4 heterocycles. The third-order valence-electron chi connectivity index (χ3n) is 8.20. The van der Waals surface area contributed by atoms with Gasteiger partial charge in [-0.25, -0.2) is 4.79 Å². The van der Waals surface area contributed by atoms with Crippen LogP contribution in [-0.4, -0.2) is 77.9 Å². The van der Waals surface area contributed by atoms with E-state index in [4.69, 9.17) is 23.7 Å². The molecular formula is C27H29NO7. The van der Waals surface area contributed by atoms with Gasteiger partial charge in [-0.1, -0.05) is 48.5 Å². The largest absolute Gasteiger partial charge is 0.448 e. The lowest BCUT2D eigenvalue weighted by Crippen LogP contribution is -2.72. The summed E-state index contributed by atoms with van der Waals surface area (Å²) in [5.41, 5.74) is 3.94. The second-order valence-corrected chi connectivity index (χ2v) is 10.6. The summed E-state index contributed by atoms with van der Waals surface area (Å²) in [4.78, 5) is 15.0. The van der Waals surface area contributed by atoms with Crippen LogP contribution in [0.1, 0.15) is 37.3 Å². The van der Waals surface area contributed by atoms with Crippen LogP contribution in [0.4, 0.5) is 4.79 Å². The van der Waals surface area contributed by atoms with E-state index in [1.54, 1.807) is 4.90 Å². The van der Waals surface area contributed by atoms with Crippen molar-refractivity contribution in [1.82, 2.24) is 4.90 Å². The Morgan fingerprint density at radius 1 is 1.06 bits per heavy atom. The highest BCUT2D eigenvalue weighted by Gasteiger charge is 2.71. The third kappa shape index (κ3) is 3.07. The Hall–Kier alpha value is -2.49. The first-order valence-electron chi connectivity index (χ1n) is 12.3. The highest BCUT2D eigenvalue weighted by molar-refractivity contribution is 5.79. The lowest BCUT2D eigenvalue weighted by atomic mass is 9.77. The van der Waals surface area contributed by atoms with Gasteiger partial charge >= 0.3 is 6.09 Å². The van der Waals surface area contributed by atoms with Crippen molar-refractivity contribution >= 4 is 6.09 Å². The number of hydrogen-bond acceptors (Lipinski definition) is 7. The second kappa shape index (κ2) is 7.51. The van der Waals surface area contributed by atoms with Gasteiger partial charge in [0.2, 0.25) is 0 Å². The van der Waals surface area contributed by atoms with Crippen LogP contribution in [0, 0.1) is 0 Å². The van der Waals surface area contributed by atoms with Crippen LogP contribution in [0.5, 0.6) is 0 Å². The first-order valence-corrected chi connectivity index (χ1v) is 12.3. The number of carbonyl (C=O) groups excluding carboxylic acids is 1. The quantitative estimate of drug-likeness (QED) is 0.709.